The van der Waals surface area contributed by atoms with Gasteiger partial charge in [0, 0.05) is 42.8 Å². The molecule has 1 aromatic heterocycles. The predicted octanol–water partition coefficient (Wildman–Crippen LogP) is 4.56. The Hall–Kier alpha value is -4.71. The number of ether oxygens (including phenoxy) is 1. The van der Waals surface area contributed by atoms with Crippen LogP contribution >= 0.6 is 0 Å². The number of benzene rings is 2. The number of urea groups is 3. The van der Waals surface area contributed by atoms with Crippen molar-refractivity contribution in [3.8, 4) is 11.5 Å². The molecule has 1 fully saturated rings. The van der Waals surface area contributed by atoms with E-state index in [1.165, 1.54) is 35.4 Å². The summed E-state index contributed by atoms with van der Waals surface area (Å²) in [6.07, 6.45) is 2.22. The molecule has 0 unspecified atom stereocenters. The number of carbonyl (C=O) groups excluding carboxylic acids is 3. The molecule has 0 spiro atoms. The van der Waals surface area contributed by atoms with E-state index in [2.05, 4.69) is 20.9 Å². The summed E-state index contributed by atoms with van der Waals surface area (Å²) < 4.78 is 20.4. The van der Waals surface area contributed by atoms with Crippen molar-refractivity contribution < 1.29 is 23.5 Å². The Morgan fingerprint density at radius 3 is 2.59 bits per heavy atom. The summed E-state index contributed by atoms with van der Waals surface area (Å²) in [5.41, 5.74) is 0.860. The number of halogens is 1. The highest BCUT2D eigenvalue weighted by Gasteiger charge is 2.34. The maximum atomic E-state index is 14.8. The molecule has 1 aliphatic rings. The fraction of sp³-hybridized carbons (Fsp3) is 0.259. The molecule has 12 heteroatoms. The van der Waals surface area contributed by atoms with Crippen LogP contribution in [0.25, 0.3) is 0 Å². The lowest BCUT2D eigenvalue weighted by molar-refractivity contribution is 0.209. The third kappa shape index (κ3) is 7.42. The van der Waals surface area contributed by atoms with Crippen molar-refractivity contribution in [3.05, 3.63) is 72.7 Å². The summed E-state index contributed by atoms with van der Waals surface area (Å²) in [6.45, 7) is 1.92. The summed E-state index contributed by atoms with van der Waals surface area (Å²) in [5.74, 6) is -0.323. The number of pyridine rings is 1. The first-order valence-electron chi connectivity index (χ1n) is 12.4. The lowest BCUT2D eigenvalue weighted by atomic mass is 10.3. The van der Waals surface area contributed by atoms with Crippen LogP contribution in [-0.4, -0.2) is 73.2 Å². The standard InChI is InChI=1S/C27H30FN7O4/c1-33(2)14-6-12-30-25(36)32-24-18-21(11-13-29-24)39-23-10-9-19(17-22(23)28)31-26(37)35-16-15-34(27(35)38)20-7-4-3-5-8-20/h3-5,7-11,13,17-18H,6,12,14-16H2,1-2H3,(H,31,37)(H2,29,30,32,36). The van der Waals surface area contributed by atoms with Crippen LogP contribution in [0.4, 0.5) is 36.0 Å². The molecule has 11 nitrogen and oxygen atoms in total. The Bertz CT molecular complexity index is 1320. The summed E-state index contributed by atoms with van der Waals surface area (Å²) in [6, 6.07) is 14.4. The highest BCUT2D eigenvalue weighted by atomic mass is 19.1. The predicted molar refractivity (Wildman–Crippen MR) is 146 cm³/mol. The number of anilines is 3. The molecule has 2 heterocycles. The molecule has 1 aliphatic heterocycles. The zero-order chi connectivity index (χ0) is 27.8. The van der Waals surface area contributed by atoms with Crippen molar-refractivity contribution in [2.24, 2.45) is 0 Å². The Kier molecular flexibility index (Phi) is 8.90. The Morgan fingerprint density at radius 2 is 1.85 bits per heavy atom. The molecule has 4 rings (SSSR count). The van der Waals surface area contributed by atoms with E-state index in [-0.39, 0.29) is 29.5 Å². The number of amides is 6. The molecule has 204 valence electrons. The molecular formula is C27H30FN7O4. The van der Waals surface area contributed by atoms with Gasteiger partial charge in [0.05, 0.1) is 6.54 Å². The minimum atomic E-state index is -0.726. The van der Waals surface area contributed by atoms with E-state index in [0.29, 0.717) is 18.8 Å². The fourth-order valence-electron chi connectivity index (χ4n) is 3.85. The van der Waals surface area contributed by atoms with Crippen molar-refractivity contribution in [2.75, 3.05) is 55.8 Å². The van der Waals surface area contributed by atoms with E-state index in [1.54, 1.807) is 12.1 Å². The van der Waals surface area contributed by atoms with Crippen LogP contribution in [0.5, 0.6) is 11.5 Å². The van der Waals surface area contributed by atoms with Gasteiger partial charge in [0.15, 0.2) is 11.6 Å². The number of nitrogens with zero attached hydrogens (tertiary/aromatic N) is 4. The van der Waals surface area contributed by atoms with Crippen molar-refractivity contribution in [3.63, 3.8) is 0 Å². The van der Waals surface area contributed by atoms with Crippen molar-refractivity contribution in [2.45, 2.75) is 6.42 Å². The van der Waals surface area contributed by atoms with Crippen LogP contribution in [0.2, 0.25) is 0 Å². The molecule has 2 aromatic carbocycles. The van der Waals surface area contributed by atoms with Crippen LogP contribution in [0, 0.1) is 5.82 Å². The van der Waals surface area contributed by atoms with E-state index >= 15 is 0 Å². The summed E-state index contributed by atoms with van der Waals surface area (Å²) in [4.78, 5) is 46.1. The Morgan fingerprint density at radius 1 is 1.05 bits per heavy atom. The molecule has 0 saturated carbocycles. The number of hydrogen-bond donors (Lipinski definition) is 3. The number of rotatable bonds is 9. The molecule has 3 N–H and O–H groups in total. The van der Waals surface area contributed by atoms with Crippen LogP contribution in [-0.2, 0) is 0 Å². The Balaban J connectivity index is 1.32. The molecule has 1 saturated heterocycles. The van der Waals surface area contributed by atoms with Gasteiger partial charge in [-0.25, -0.2) is 28.7 Å². The van der Waals surface area contributed by atoms with E-state index in [0.717, 1.165) is 23.9 Å². The van der Waals surface area contributed by atoms with Gasteiger partial charge in [0.1, 0.15) is 11.6 Å². The maximum Gasteiger partial charge on any atom is 0.332 e. The molecule has 0 radical (unpaired) electrons. The number of imide groups is 1. The normalized spacial score (nSPS) is 13.0. The number of aromatic nitrogens is 1. The molecule has 39 heavy (non-hydrogen) atoms. The second kappa shape index (κ2) is 12.7. The van der Waals surface area contributed by atoms with Crippen molar-refractivity contribution in [1.82, 2.24) is 20.1 Å². The molecule has 0 aliphatic carbocycles. The maximum absolute atomic E-state index is 14.8. The first-order valence-corrected chi connectivity index (χ1v) is 12.4. The molecule has 6 amide bonds. The van der Waals surface area contributed by atoms with E-state index in [4.69, 9.17) is 4.74 Å². The highest BCUT2D eigenvalue weighted by molar-refractivity contribution is 6.08. The molecule has 0 bridgehead atoms. The lowest BCUT2D eigenvalue weighted by Gasteiger charge is -2.18. The molecule has 3 aromatic rings. The quantitative estimate of drug-likeness (QED) is 0.346. The van der Waals surface area contributed by atoms with Gasteiger partial charge in [0.2, 0.25) is 0 Å². The van der Waals surface area contributed by atoms with Gasteiger partial charge in [0.25, 0.3) is 0 Å². The number of nitrogens with one attached hydrogen (secondary N) is 3. The SMILES string of the molecule is CN(C)CCCNC(=O)Nc1cc(Oc2ccc(NC(=O)N3CCN(c4ccccc4)C3=O)cc2F)ccn1. The number of carbonyl (C=O) groups is 3. The minimum absolute atomic E-state index is 0.0919. The Labute approximate surface area is 225 Å². The van der Waals surface area contributed by atoms with Crippen molar-refractivity contribution >= 4 is 35.3 Å². The van der Waals surface area contributed by atoms with Gasteiger partial charge in [-0.1, -0.05) is 18.2 Å². The average molecular weight is 536 g/mol. The second-order valence-corrected chi connectivity index (χ2v) is 9.01. The highest BCUT2D eigenvalue weighted by Crippen LogP contribution is 2.28. The first kappa shape index (κ1) is 27.3. The van der Waals surface area contributed by atoms with E-state index in [1.807, 2.05) is 37.2 Å². The zero-order valence-corrected chi connectivity index (χ0v) is 21.7. The monoisotopic (exact) mass is 535 g/mol. The smallest absolute Gasteiger partial charge is 0.332 e. The lowest BCUT2D eigenvalue weighted by Crippen LogP contribution is -2.39. The van der Waals surface area contributed by atoms with Crippen LogP contribution in [0.15, 0.2) is 66.9 Å². The van der Waals surface area contributed by atoms with Gasteiger partial charge >= 0.3 is 18.1 Å². The average Bonchev–Trinajstić information content (AvgIpc) is 3.30. The summed E-state index contributed by atoms with van der Waals surface area (Å²) in [5, 5.41) is 7.91. The topological polar surface area (TPSA) is 119 Å². The van der Waals surface area contributed by atoms with Crippen molar-refractivity contribution in [1.29, 1.82) is 0 Å². The van der Waals surface area contributed by atoms with Crippen LogP contribution < -0.4 is 25.6 Å². The zero-order valence-electron chi connectivity index (χ0n) is 21.7. The van der Waals surface area contributed by atoms with Gasteiger partial charge < -0.3 is 20.3 Å². The van der Waals surface area contributed by atoms with Gasteiger partial charge in [-0.3, -0.25) is 10.2 Å². The minimum Gasteiger partial charge on any atom is -0.454 e. The first-order chi connectivity index (χ1) is 18.8. The summed E-state index contributed by atoms with van der Waals surface area (Å²) in [7, 11) is 3.91. The fourth-order valence-corrected chi connectivity index (χ4v) is 3.85. The second-order valence-electron chi connectivity index (χ2n) is 9.01. The largest absolute Gasteiger partial charge is 0.454 e. The number of para-hydroxylation sites is 1. The summed E-state index contributed by atoms with van der Waals surface area (Å²) >= 11 is 0. The number of hydrogen-bond acceptors (Lipinski definition) is 6. The van der Waals surface area contributed by atoms with Gasteiger partial charge in [-0.2, -0.15) is 0 Å². The van der Waals surface area contributed by atoms with Crippen LogP contribution in [0.1, 0.15) is 6.42 Å². The molecular weight excluding hydrogens is 505 g/mol. The van der Waals surface area contributed by atoms with Gasteiger partial charge in [-0.15, -0.1) is 0 Å². The van der Waals surface area contributed by atoms with Gasteiger partial charge in [-0.05, 0) is 57.4 Å². The third-order valence-corrected chi connectivity index (χ3v) is 5.77. The van der Waals surface area contributed by atoms with E-state index < -0.39 is 23.9 Å². The third-order valence-electron chi connectivity index (χ3n) is 5.77. The molecule has 0 atom stereocenters. The van der Waals surface area contributed by atoms with E-state index in [9.17, 15) is 18.8 Å². The van der Waals surface area contributed by atoms with Crippen LogP contribution in [0.3, 0.4) is 0 Å².